The highest BCUT2D eigenvalue weighted by atomic mass is 35.5. The second-order valence-corrected chi connectivity index (χ2v) is 7.85. The fraction of sp³-hybridized carbons (Fsp3) is 0.312. The van der Waals surface area contributed by atoms with Gasteiger partial charge in [0.2, 0.25) is 0 Å². The number of benzene rings is 1. The Morgan fingerprint density at radius 1 is 1.33 bits per heavy atom. The molecular formula is C16H19ClN2O4S. The van der Waals surface area contributed by atoms with Gasteiger partial charge >= 0.3 is 0 Å². The second-order valence-electron chi connectivity index (χ2n) is 5.43. The minimum absolute atomic E-state index is 0.0907. The van der Waals surface area contributed by atoms with Crippen LogP contribution in [0.5, 0.6) is 11.5 Å². The van der Waals surface area contributed by atoms with Gasteiger partial charge in [0.05, 0.1) is 17.0 Å². The van der Waals surface area contributed by atoms with E-state index in [9.17, 15) is 13.5 Å². The van der Waals surface area contributed by atoms with Crippen LogP contribution in [-0.4, -0.2) is 45.5 Å². The van der Waals surface area contributed by atoms with E-state index >= 15 is 0 Å². The Morgan fingerprint density at radius 2 is 2.04 bits per heavy atom. The van der Waals surface area contributed by atoms with Crippen molar-refractivity contribution in [3.05, 3.63) is 41.0 Å². The van der Waals surface area contributed by atoms with E-state index in [1.165, 1.54) is 19.4 Å². The number of rotatable bonds is 6. The van der Waals surface area contributed by atoms with E-state index in [1.54, 1.807) is 12.1 Å². The smallest absolute Gasteiger partial charge is 0.177 e. The third-order valence-corrected chi connectivity index (χ3v) is 4.92. The van der Waals surface area contributed by atoms with E-state index in [0.29, 0.717) is 24.5 Å². The lowest BCUT2D eigenvalue weighted by Gasteiger charge is -2.20. The number of phenols is 1. The number of anilines is 1. The topological polar surface area (TPSA) is 79.7 Å². The lowest BCUT2D eigenvalue weighted by molar-refractivity contribution is 0.373. The minimum Gasteiger partial charge on any atom is -0.504 e. The van der Waals surface area contributed by atoms with Gasteiger partial charge in [0.25, 0.3) is 0 Å². The van der Waals surface area contributed by atoms with Gasteiger partial charge in [0, 0.05) is 26.0 Å². The highest BCUT2D eigenvalue weighted by Gasteiger charge is 2.14. The summed E-state index contributed by atoms with van der Waals surface area (Å²) in [7, 11) is -0.0145. The zero-order chi connectivity index (χ0) is 17.9. The zero-order valence-corrected chi connectivity index (χ0v) is 15.2. The Hall–Kier alpha value is -1.99. The summed E-state index contributed by atoms with van der Waals surface area (Å²) < 4.78 is 28.1. The largest absolute Gasteiger partial charge is 0.504 e. The maximum absolute atomic E-state index is 11.5. The first-order valence-electron chi connectivity index (χ1n) is 7.15. The zero-order valence-electron chi connectivity index (χ0n) is 13.7. The molecule has 1 N–H and O–H groups in total. The van der Waals surface area contributed by atoms with Gasteiger partial charge in [-0.1, -0.05) is 17.7 Å². The number of nitrogens with zero attached hydrogens (tertiary/aromatic N) is 2. The molecule has 0 unspecified atom stereocenters. The predicted octanol–water partition coefficient (Wildman–Crippen LogP) is 2.53. The average Bonchev–Trinajstić information content (AvgIpc) is 2.52. The Labute approximate surface area is 146 Å². The number of pyridine rings is 1. The van der Waals surface area contributed by atoms with Crippen LogP contribution in [-0.2, 0) is 16.3 Å². The number of aromatic nitrogens is 1. The number of hydrogen-bond acceptors (Lipinski definition) is 6. The standard InChI is InChI=1S/C16H19ClN2O4S/c1-19(7-6-11-4-5-14(20)15(8-11)23-2)16-13(17)9-12(10-18-16)24(3,21)22/h4-5,8-10,20H,6-7H2,1-3H3. The Kier molecular flexibility index (Phi) is 5.56. The molecule has 130 valence electrons. The van der Waals surface area contributed by atoms with Gasteiger partial charge in [-0.15, -0.1) is 0 Å². The van der Waals surface area contributed by atoms with Crippen LogP contribution in [0.15, 0.2) is 35.4 Å². The monoisotopic (exact) mass is 370 g/mol. The number of likely N-dealkylation sites (N-methyl/N-ethyl adjacent to an activating group) is 1. The van der Waals surface area contributed by atoms with Crippen LogP contribution in [0.4, 0.5) is 5.82 Å². The normalized spacial score (nSPS) is 11.3. The van der Waals surface area contributed by atoms with E-state index in [2.05, 4.69) is 4.98 Å². The molecule has 2 aromatic rings. The van der Waals surface area contributed by atoms with Crippen molar-refractivity contribution in [1.82, 2.24) is 4.98 Å². The van der Waals surface area contributed by atoms with Crippen LogP contribution in [0.3, 0.4) is 0 Å². The number of ether oxygens (including phenoxy) is 1. The molecule has 1 heterocycles. The third kappa shape index (κ3) is 4.30. The lowest BCUT2D eigenvalue weighted by Crippen LogP contribution is -2.22. The number of methoxy groups -OCH3 is 1. The van der Waals surface area contributed by atoms with E-state index in [1.807, 2.05) is 18.0 Å². The summed E-state index contributed by atoms with van der Waals surface area (Å²) in [6.07, 6.45) is 3.09. The maximum Gasteiger partial charge on any atom is 0.177 e. The molecule has 6 nitrogen and oxygen atoms in total. The first-order valence-corrected chi connectivity index (χ1v) is 9.42. The van der Waals surface area contributed by atoms with Crippen molar-refractivity contribution in [2.45, 2.75) is 11.3 Å². The summed E-state index contributed by atoms with van der Waals surface area (Å²) in [4.78, 5) is 6.09. The summed E-state index contributed by atoms with van der Waals surface area (Å²) in [5.74, 6) is 1.02. The molecule has 8 heteroatoms. The van der Waals surface area contributed by atoms with E-state index in [-0.39, 0.29) is 15.7 Å². The van der Waals surface area contributed by atoms with Gasteiger partial charge in [-0.2, -0.15) is 0 Å². The summed E-state index contributed by atoms with van der Waals surface area (Å²) >= 11 is 6.16. The number of halogens is 1. The van der Waals surface area contributed by atoms with Crippen LogP contribution in [0.2, 0.25) is 5.02 Å². The number of hydrogen-bond donors (Lipinski definition) is 1. The highest BCUT2D eigenvalue weighted by molar-refractivity contribution is 7.90. The number of sulfone groups is 1. The first-order chi connectivity index (χ1) is 11.2. The second kappa shape index (κ2) is 7.27. The number of aromatic hydroxyl groups is 1. The third-order valence-electron chi connectivity index (χ3n) is 3.57. The number of phenolic OH excluding ortho intramolecular Hbond substituents is 1. The van der Waals surface area contributed by atoms with Crippen molar-refractivity contribution in [1.29, 1.82) is 0 Å². The van der Waals surface area contributed by atoms with Crippen molar-refractivity contribution < 1.29 is 18.3 Å². The Bertz CT molecular complexity index is 840. The molecule has 0 amide bonds. The molecule has 0 saturated carbocycles. The maximum atomic E-state index is 11.5. The van der Waals surface area contributed by atoms with Gasteiger partial charge in [-0.25, -0.2) is 13.4 Å². The molecule has 0 aliphatic heterocycles. The summed E-state index contributed by atoms with van der Waals surface area (Å²) in [5.41, 5.74) is 0.986. The molecule has 0 fully saturated rings. The van der Waals surface area contributed by atoms with Gasteiger partial charge in [-0.05, 0) is 30.2 Å². The van der Waals surface area contributed by atoms with E-state index < -0.39 is 9.84 Å². The van der Waals surface area contributed by atoms with Crippen LogP contribution in [0.1, 0.15) is 5.56 Å². The van der Waals surface area contributed by atoms with Crippen LogP contribution in [0.25, 0.3) is 0 Å². The molecule has 0 spiro atoms. The average molecular weight is 371 g/mol. The molecule has 0 aliphatic rings. The Balaban J connectivity index is 2.11. The van der Waals surface area contributed by atoms with E-state index in [4.69, 9.17) is 16.3 Å². The lowest BCUT2D eigenvalue weighted by atomic mass is 10.1. The predicted molar refractivity (Wildman–Crippen MR) is 94.0 cm³/mol. The molecular weight excluding hydrogens is 352 g/mol. The van der Waals surface area contributed by atoms with Crippen molar-refractivity contribution in [3.8, 4) is 11.5 Å². The molecule has 0 saturated heterocycles. The summed E-state index contributed by atoms with van der Waals surface area (Å²) in [6, 6.07) is 6.57. The summed E-state index contributed by atoms with van der Waals surface area (Å²) in [6.45, 7) is 0.610. The molecule has 2 rings (SSSR count). The van der Waals surface area contributed by atoms with E-state index in [0.717, 1.165) is 11.8 Å². The first kappa shape index (κ1) is 18.4. The van der Waals surface area contributed by atoms with Crippen molar-refractivity contribution in [3.63, 3.8) is 0 Å². The Morgan fingerprint density at radius 3 is 2.62 bits per heavy atom. The molecule has 24 heavy (non-hydrogen) atoms. The molecule has 0 atom stereocenters. The van der Waals surface area contributed by atoms with Crippen molar-refractivity contribution in [2.75, 3.05) is 31.9 Å². The van der Waals surface area contributed by atoms with Gasteiger partial charge in [0.15, 0.2) is 21.3 Å². The van der Waals surface area contributed by atoms with Gasteiger partial charge in [0.1, 0.15) is 5.82 Å². The molecule has 0 bridgehead atoms. The molecule has 0 aliphatic carbocycles. The minimum atomic E-state index is -3.34. The van der Waals surface area contributed by atoms with Crippen LogP contribution in [0, 0.1) is 0 Å². The molecule has 0 radical (unpaired) electrons. The quantitative estimate of drug-likeness (QED) is 0.841. The van der Waals surface area contributed by atoms with Crippen molar-refractivity contribution >= 4 is 27.3 Å². The fourth-order valence-electron chi connectivity index (χ4n) is 2.18. The van der Waals surface area contributed by atoms with Crippen LogP contribution < -0.4 is 9.64 Å². The van der Waals surface area contributed by atoms with Crippen molar-refractivity contribution in [2.24, 2.45) is 0 Å². The fourth-order valence-corrected chi connectivity index (χ4v) is 3.13. The van der Waals surface area contributed by atoms with Gasteiger partial charge < -0.3 is 14.7 Å². The molecule has 1 aromatic carbocycles. The summed E-state index contributed by atoms with van der Waals surface area (Å²) in [5, 5.41) is 9.89. The SMILES string of the molecule is COc1cc(CCN(C)c2ncc(S(C)(=O)=O)cc2Cl)ccc1O. The van der Waals surface area contributed by atoms with Gasteiger partial charge in [-0.3, -0.25) is 0 Å². The highest BCUT2D eigenvalue weighted by Crippen LogP contribution is 2.28. The molecule has 1 aromatic heterocycles. The van der Waals surface area contributed by atoms with Crippen LogP contribution >= 0.6 is 11.6 Å².